The van der Waals surface area contributed by atoms with Crippen molar-refractivity contribution in [3.05, 3.63) is 72.8 Å². The zero-order chi connectivity index (χ0) is 19.5. The molecule has 0 saturated carbocycles. The molecule has 0 bridgehead atoms. The summed E-state index contributed by atoms with van der Waals surface area (Å²) >= 11 is 0. The number of ether oxygens (including phenoxy) is 1. The number of carbonyl (C=O) groups excluding carboxylic acids is 2. The smallest absolute Gasteiger partial charge is 0.330 e. The summed E-state index contributed by atoms with van der Waals surface area (Å²) in [6, 6.07) is 18.7. The minimum Gasteiger partial charge on any atom is -0.449 e. The molecule has 0 aliphatic heterocycles. The number of carbonyl (C=O) groups is 2. The number of hydrogen-bond acceptors (Lipinski definition) is 4. The van der Waals surface area contributed by atoms with E-state index in [1.54, 1.807) is 12.1 Å². The number of nitrogens with zero attached hydrogens (tertiary/aromatic N) is 1. The Kier molecular flexibility index (Phi) is 7.80. The van der Waals surface area contributed by atoms with Crippen LogP contribution in [0.2, 0.25) is 0 Å². The predicted octanol–water partition coefficient (Wildman–Crippen LogP) is 3.41. The summed E-state index contributed by atoms with van der Waals surface area (Å²) in [6.45, 7) is 3.24. The first-order valence-corrected chi connectivity index (χ1v) is 8.72. The van der Waals surface area contributed by atoms with Crippen LogP contribution < -0.4 is 5.32 Å². The van der Waals surface area contributed by atoms with Crippen molar-refractivity contribution < 1.29 is 14.3 Å². The highest BCUT2D eigenvalue weighted by atomic mass is 16.5. The molecular formula is C22H22N2O3. The third-order valence-electron chi connectivity index (χ3n) is 3.98. The molecule has 1 N–H and O–H groups in total. The van der Waals surface area contributed by atoms with Crippen molar-refractivity contribution in [2.75, 3.05) is 6.61 Å². The van der Waals surface area contributed by atoms with Gasteiger partial charge in [0.2, 0.25) is 5.91 Å². The lowest BCUT2D eigenvalue weighted by atomic mass is 10.0. The van der Waals surface area contributed by atoms with Gasteiger partial charge in [-0.1, -0.05) is 60.7 Å². The largest absolute Gasteiger partial charge is 0.449 e. The number of amides is 1. The summed E-state index contributed by atoms with van der Waals surface area (Å²) in [5.74, 6) is -0.870. The van der Waals surface area contributed by atoms with Gasteiger partial charge in [0.1, 0.15) is 12.1 Å². The zero-order valence-electron chi connectivity index (χ0n) is 15.1. The fourth-order valence-corrected chi connectivity index (χ4v) is 2.60. The van der Waals surface area contributed by atoms with Crippen LogP contribution in [0.25, 0.3) is 11.1 Å². The minimum atomic E-state index is -0.835. The quantitative estimate of drug-likeness (QED) is 0.548. The zero-order valence-corrected chi connectivity index (χ0v) is 15.1. The molecule has 2 aromatic rings. The number of allylic oxidation sites excluding steroid dienone is 1. The van der Waals surface area contributed by atoms with Gasteiger partial charge in [0.15, 0.2) is 6.61 Å². The van der Waals surface area contributed by atoms with Crippen LogP contribution in [0, 0.1) is 11.3 Å². The Bertz CT molecular complexity index is 808. The monoisotopic (exact) mass is 362 g/mol. The number of benzene rings is 2. The first kappa shape index (κ1) is 19.9. The molecule has 0 aliphatic rings. The van der Waals surface area contributed by atoms with E-state index < -0.39 is 12.0 Å². The molecule has 2 aromatic carbocycles. The first-order valence-electron chi connectivity index (χ1n) is 8.72. The van der Waals surface area contributed by atoms with Crippen LogP contribution >= 0.6 is 0 Å². The van der Waals surface area contributed by atoms with Gasteiger partial charge in [-0.25, -0.2) is 4.79 Å². The lowest BCUT2D eigenvalue weighted by Gasteiger charge is -2.17. The number of rotatable bonds is 9. The topological polar surface area (TPSA) is 79.2 Å². The van der Waals surface area contributed by atoms with Gasteiger partial charge in [-0.05, 0) is 23.1 Å². The molecule has 5 heteroatoms. The molecule has 0 unspecified atom stereocenters. The van der Waals surface area contributed by atoms with Crippen LogP contribution in [0.3, 0.4) is 0 Å². The predicted molar refractivity (Wildman–Crippen MR) is 104 cm³/mol. The maximum Gasteiger partial charge on any atom is 0.330 e. The van der Waals surface area contributed by atoms with E-state index in [0.717, 1.165) is 16.7 Å². The molecule has 0 aromatic heterocycles. The Labute approximate surface area is 159 Å². The molecule has 138 valence electrons. The Hall–Kier alpha value is -3.39. The Morgan fingerprint density at radius 2 is 1.78 bits per heavy atom. The van der Waals surface area contributed by atoms with Gasteiger partial charge in [0, 0.05) is 12.8 Å². The highest BCUT2D eigenvalue weighted by molar-refractivity contribution is 5.84. The SMILES string of the molecule is C=CCCC(=O)N[C@@H](Cc1ccc(-c2ccccc2)cc1)C(=O)OCC#N. The molecule has 27 heavy (non-hydrogen) atoms. The molecule has 1 amide bonds. The van der Waals surface area contributed by atoms with Crippen LogP contribution in [-0.4, -0.2) is 24.5 Å². The van der Waals surface area contributed by atoms with Crippen molar-refractivity contribution in [2.45, 2.75) is 25.3 Å². The third-order valence-corrected chi connectivity index (χ3v) is 3.98. The molecule has 0 heterocycles. The van der Waals surface area contributed by atoms with Gasteiger partial charge in [0.05, 0.1) is 0 Å². The van der Waals surface area contributed by atoms with Crippen molar-refractivity contribution in [3.63, 3.8) is 0 Å². The van der Waals surface area contributed by atoms with E-state index >= 15 is 0 Å². The Balaban J connectivity index is 2.08. The van der Waals surface area contributed by atoms with Crippen LogP contribution in [0.1, 0.15) is 18.4 Å². The van der Waals surface area contributed by atoms with Crippen molar-refractivity contribution in [3.8, 4) is 17.2 Å². The number of esters is 1. The van der Waals surface area contributed by atoms with Gasteiger partial charge in [-0.15, -0.1) is 6.58 Å². The molecule has 0 saturated heterocycles. The molecule has 0 aliphatic carbocycles. The lowest BCUT2D eigenvalue weighted by Crippen LogP contribution is -2.43. The van der Waals surface area contributed by atoms with Crippen molar-refractivity contribution in [2.24, 2.45) is 0 Å². The average Bonchev–Trinajstić information content (AvgIpc) is 2.71. The van der Waals surface area contributed by atoms with E-state index in [1.165, 1.54) is 0 Å². The second-order valence-corrected chi connectivity index (χ2v) is 5.98. The van der Waals surface area contributed by atoms with Crippen molar-refractivity contribution in [1.82, 2.24) is 5.32 Å². The van der Waals surface area contributed by atoms with Crippen LogP contribution in [-0.2, 0) is 20.7 Å². The van der Waals surface area contributed by atoms with E-state index in [9.17, 15) is 9.59 Å². The third kappa shape index (κ3) is 6.44. The molecule has 2 rings (SSSR count). The number of nitrogens with one attached hydrogen (secondary N) is 1. The maximum atomic E-state index is 12.2. The van der Waals surface area contributed by atoms with E-state index in [-0.39, 0.29) is 18.9 Å². The van der Waals surface area contributed by atoms with Gasteiger partial charge in [0.25, 0.3) is 0 Å². The van der Waals surface area contributed by atoms with E-state index in [4.69, 9.17) is 10.00 Å². The average molecular weight is 362 g/mol. The molecule has 0 fully saturated rings. The lowest BCUT2D eigenvalue weighted by molar-refractivity contribution is -0.146. The summed E-state index contributed by atoms with van der Waals surface area (Å²) < 4.78 is 4.89. The van der Waals surface area contributed by atoms with Crippen molar-refractivity contribution in [1.29, 1.82) is 5.26 Å². The number of nitriles is 1. The fourth-order valence-electron chi connectivity index (χ4n) is 2.60. The summed E-state index contributed by atoms with van der Waals surface area (Å²) in [6.07, 6.45) is 2.71. The summed E-state index contributed by atoms with van der Waals surface area (Å²) in [7, 11) is 0. The molecule has 5 nitrogen and oxygen atoms in total. The van der Waals surface area contributed by atoms with Gasteiger partial charge in [-0.2, -0.15) is 5.26 Å². The number of hydrogen-bond donors (Lipinski definition) is 1. The van der Waals surface area contributed by atoms with E-state index in [2.05, 4.69) is 11.9 Å². The molecule has 0 spiro atoms. The standard InChI is InChI=1S/C22H22N2O3/c1-2-3-9-21(25)24-20(22(26)27-15-14-23)16-17-10-12-19(13-11-17)18-7-5-4-6-8-18/h2,4-8,10-13,20H,1,3,9,15-16H2,(H,24,25)/t20-/m0/s1. The molecular weight excluding hydrogens is 340 g/mol. The summed E-state index contributed by atoms with van der Waals surface area (Å²) in [5.41, 5.74) is 3.06. The highest BCUT2D eigenvalue weighted by Crippen LogP contribution is 2.19. The van der Waals surface area contributed by atoms with Gasteiger partial charge >= 0.3 is 5.97 Å². The van der Waals surface area contributed by atoms with Crippen LogP contribution in [0.4, 0.5) is 0 Å². The summed E-state index contributed by atoms with van der Waals surface area (Å²) in [5, 5.41) is 11.3. The van der Waals surface area contributed by atoms with E-state index in [0.29, 0.717) is 12.8 Å². The van der Waals surface area contributed by atoms with Gasteiger partial charge in [-0.3, -0.25) is 4.79 Å². The second kappa shape index (κ2) is 10.6. The Morgan fingerprint density at radius 1 is 1.11 bits per heavy atom. The maximum absolute atomic E-state index is 12.2. The van der Waals surface area contributed by atoms with Crippen LogP contribution in [0.15, 0.2) is 67.3 Å². The molecule has 0 radical (unpaired) electrons. The molecule has 1 atom stereocenters. The summed E-state index contributed by atoms with van der Waals surface area (Å²) in [4.78, 5) is 24.2. The van der Waals surface area contributed by atoms with Crippen molar-refractivity contribution >= 4 is 11.9 Å². The highest BCUT2D eigenvalue weighted by Gasteiger charge is 2.22. The minimum absolute atomic E-state index is 0.248. The second-order valence-electron chi connectivity index (χ2n) is 5.98. The Morgan fingerprint density at radius 3 is 2.41 bits per heavy atom. The van der Waals surface area contributed by atoms with E-state index in [1.807, 2.05) is 54.6 Å². The van der Waals surface area contributed by atoms with Gasteiger partial charge < -0.3 is 10.1 Å². The normalized spacial score (nSPS) is 11.1. The van der Waals surface area contributed by atoms with Crippen LogP contribution in [0.5, 0.6) is 0 Å². The first-order chi connectivity index (χ1) is 13.1. The fraction of sp³-hybridized carbons (Fsp3) is 0.227.